The van der Waals surface area contributed by atoms with Gasteiger partial charge in [-0.15, -0.1) is 0 Å². The molecule has 0 bridgehead atoms. The summed E-state index contributed by atoms with van der Waals surface area (Å²) in [5, 5.41) is 0.0395. The van der Waals surface area contributed by atoms with Gasteiger partial charge in [0.05, 0.1) is 6.20 Å². The first kappa shape index (κ1) is 12.5. The van der Waals surface area contributed by atoms with Crippen LogP contribution in [-0.4, -0.2) is 9.97 Å². The molecule has 0 aliphatic carbocycles. The number of rotatable bonds is 3. The summed E-state index contributed by atoms with van der Waals surface area (Å²) in [5.74, 6) is 2.51. The Hall–Kier alpha value is -1.99. The molecule has 1 heterocycles. The van der Waals surface area contributed by atoms with Gasteiger partial charge in [0, 0.05) is 0 Å². The summed E-state index contributed by atoms with van der Waals surface area (Å²) in [6, 6.07) is 3.51. The van der Waals surface area contributed by atoms with Gasteiger partial charge in [-0.05, 0) is 12.1 Å². The van der Waals surface area contributed by atoms with Gasteiger partial charge >= 0.3 is 0 Å². The Morgan fingerprint density at radius 2 is 2.11 bits per heavy atom. The quantitative estimate of drug-likeness (QED) is 0.663. The first-order chi connectivity index (χ1) is 8.61. The van der Waals surface area contributed by atoms with Crippen molar-refractivity contribution in [2.45, 2.75) is 0 Å². The van der Waals surface area contributed by atoms with Crippen LogP contribution in [0.2, 0.25) is 5.02 Å². The minimum absolute atomic E-state index is 0.0335. The van der Waals surface area contributed by atoms with Crippen molar-refractivity contribution in [2.24, 2.45) is 5.84 Å². The number of nitrogens with zero attached hydrogens (tertiary/aromatic N) is 2. The molecule has 0 saturated carbocycles. The minimum atomic E-state index is -1.13. The topological polar surface area (TPSA) is 73.1 Å². The molecular weight excluding hydrogens is 266 g/mol. The van der Waals surface area contributed by atoms with Gasteiger partial charge in [0.2, 0.25) is 17.6 Å². The first-order valence-corrected chi connectivity index (χ1v) is 5.10. The Kier molecular flexibility index (Phi) is 3.54. The molecule has 0 atom stereocenters. The molecule has 2 rings (SSSR count). The molecule has 8 heteroatoms. The first-order valence-electron chi connectivity index (χ1n) is 4.73. The van der Waals surface area contributed by atoms with E-state index in [0.717, 1.165) is 6.07 Å². The van der Waals surface area contributed by atoms with Crippen LogP contribution in [0.1, 0.15) is 0 Å². The second kappa shape index (κ2) is 5.11. The van der Waals surface area contributed by atoms with E-state index in [1.165, 1.54) is 18.3 Å². The van der Waals surface area contributed by atoms with Crippen molar-refractivity contribution in [1.29, 1.82) is 0 Å². The molecule has 5 nitrogen and oxygen atoms in total. The lowest BCUT2D eigenvalue weighted by molar-refractivity contribution is 0.405. The van der Waals surface area contributed by atoms with Crippen LogP contribution in [-0.2, 0) is 0 Å². The number of nitrogen functional groups attached to an aromatic ring is 1. The third kappa shape index (κ3) is 2.47. The lowest BCUT2D eigenvalue weighted by atomic mass is 10.3. The zero-order valence-electron chi connectivity index (χ0n) is 8.82. The number of ether oxygens (including phenoxy) is 1. The van der Waals surface area contributed by atoms with Gasteiger partial charge in [-0.2, -0.15) is 9.37 Å². The largest absolute Gasteiger partial charge is 0.434 e. The smallest absolute Gasteiger partial charge is 0.243 e. The summed E-state index contributed by atoms with van der Waals surface area (Å²) in [6.07, 6.45) is 1.22. The molecule has 0 radical (unpaired) electrons. The highest BCUT2D eigenvalue weighted by atomic mass is 35.5. The Balaban J connectivity index is 2.36. The van der Waals surface area contributed by atoms with Gasteiger partial charge in [-0.1, -0.05) is 17.7 Å². The molecule has 3 N–H and O–H groups in total. The lowest BCUT2D eigenvalue weighted by Gasteiger charge is -2.08. The van der Waals surface area contributed by atoms with Gasteiger partial charge in [0.1, 0.15) is 5.02 Å². The van der Waals surface area contributed by atoms with E-state index >= 15 is 0 Å². The predicted molar refractivity (Wildman–Crippen MR) is 61.3 cm³/mol. The monoisotopic (exact) mass is 272 g/mol. The van der Waals surface area contributed by atoms with Gasteiger partial charge in [-0.25, -0.2) is 15.2 Å². The van der Waals surface area contributed by atoms with Crippen molar-refractivity contribution in [3.8, 4) is 11.6 Å². The summed E-state index contributed by atoms with van der Waals surface area (Å²) >= 11 is 5.76. The van der Waals surface area contributed by atoms with Gasteiger partial charge in [-0.3, -0.25) is 5.43 Å². The second-order valence-corrected chi connectivity index (χ2v) is 3.55. The minimum Gasteiger partial charge on any atom is -0.434 e. The van der Waals surface area contributed by atoms with Crippen LogP contribution < -0.4 is 16.0 Å². The highest BCUT2D eigenvalue weighted by Crippen LogP contribution is 2.29. The molecule has 0 aliphatic rings. The Morgan fingerprint density at radius 1 is 1.33 bits per heavy atom. The summed E-state index contributed by atoms with van der Waals surface area (Å²) in [6.45, 7) is 0. The summed E-state index contributed by atoms with van der Waals surface area (Å²) in [7, 11) is 0. The van der Waals surface area contributed by atoms with E-state index in [1.807, 2.05) is 0 Å². The van der Waals surface area contributed by atoms with Crippen molar-refractivity contribution in [3.05, 3.63) is 41.1 Å². The van der Waals surface area contributed by atoms with Gasteiger partial charge in [0.25, 0.3) is 0 Å². The average Bonchev–Trinajstić information content (AvgIpc) is 2.37. The number of hydrogen-bond donors (Lipinski definition) is 2. The molecule has 0 amide bonds. The van der Waals surface area contributed by atoms with E-state index < -0.39 is 11.6 Å². The number of aromatic nitrogens is 2. The fourth-order valence-electron chi connectivity index (χ4n) is 1.16. The highest BCUT2D eigenvalue weighted by molar-refractivity contribution is 6.31. The molecule has 0 aliphatic heterocycles. The molecule has 2 aromatic rings. The number of anilines is 1. The molecule has 0 saturated heterocycles. The number of halogens is 3. The van der Waals surface area contributed by atoms with E-state index in [9.17, 15) is 8.78 Å². The van der Waals surface area contributed by atoms with E-state index in [-0.39, 0.29) is 22.6 Å². The van der Waals surface area contributed by atoms with E-state index in [2.05, 4.69) is 15.4 Å². The number of benzene rings is 1. The number of nitrogens with two attached hydrogens (primary N) is 1. The number of hydrogen-bond acceptors (Lipinski definition) is 5. The molecular formula is C10H7ClF2N4O. The Morgan fingerprint density at radius 3 is 2.83 bits per heavy atom. The summed E-state index contributed by atoms with van der Waals surface area (Å²) in [4.78, 5) is 7.48. The molecule has 1 aromatic heterocycles. The van der Waals surface area contributed by atoms with Crippen LogP contribution in [0.25, 0.3) is 0 Å². The van der Waals surface area contributed by atoms with E-state index in [0.29, 0.717) is 0 Å². The van der Waals surface area contributed by atoms with Crippen LogP contribution in [0.3, 0.4) is 0 Å². The molecule has 0 fully saturated rings. The molecule has 1 aromatic carbocycles. The van der Waals surface area contributed by atoms with Gasteiger partial charge in [0.15, 0.2) is 11.6 Å². The number of nitrogens with one attached hydrogen (secondary N) is 1. The normalized spacial score (nSPS) is 10.2. The van der Waals surface area contributed by atoms with Crippen LogP contribution in [0.15, 0.2) is 24.4 Å². The van der Waals surface area contributed by atoms with Crippen LogP contribution in [0.4, 0.5) is 14.7 Å². The third-order valence-electron chi connectivity index (χ3n) is 1.96. The summed E-state index contributed by atoms with van der Waals surface area (Å²) < 4.78 is 31.4. The van der Waals surface area contributed by atoms with Crippen molar-refractivity contribution < 1.29 is 13.5 Å². The van der Waals surface area contributed by atoms with Crippen molar-refractivity contribution in [2.75, 3.05) is 5.43 Å². The molecule has 0 unspecified atom stereocenters. The fraction of sp³-hybridized carbons (Fsp3) is 0. The molecule has 0 spiro atoms. The molecule has 18 heavy (non-hydrogen) atoms. The van der Waals surface area contributed by atoms with Crippen LogP contribution >= 0.6 is 11.6 Å². The maximum absolute atomic E-state index is 13.4. The van der Waals surface area contributed by atoms with E-state index in [4.69, 9.17) is 22.2 Å². The zero-order chi connectivity index (χ0) is 13.1. The maximum atomic E-state index is 13.4. The van der Waals surface area contributed by atoms with Crippen molar-refractivity contribution >= 4 is 17.5 Å². The zero-order valence-corrected chi connectivity index (χ0v) is 9.58. The van der Waals surface area contributed by atoms with Crippen LogP contribution in [0.5, 0.6) is 11.6 Å². The van der Waals surface area contributed by atoms with Crippen molar-refractivity contribution in [3.63, 3.8) is 0 Å². The maximum Gasteiger partial charge on any atom is 0.243 e. The number of hydrazine groups is 1. The van der Waals surface area contributed by atoms with Crippen LogP contribution in [0, 0.1) is 11.6 Å². The second-order valence-electron chi connectivity index (χ2n) is 3.15. The fourth-order valence-corrected chi connectivity index (χ4v) is 1.29. The average molecular weight is 273 g/mol. The lowest BCUT2D eigenvalue weighted by Crippen LogP contribution is -2.10. The standard InChI is InChI=1S/C10H7ClF2N4O/c11-5-4-15-10(17-14)16-9(5)18-7-3-1-2-6(12)8(7)13/h1-4H,14H2,(H,15,16,17). The molecule has 94 valence electrons. The predicted octanol–water partition coefficient (Wildman–Crippen LogP) is 2.49. The third-order valence-corrected chi connectivity index (χ3v) is 2.22. The van der Waals surface area contributed by atoms with Crippen molar-refractivity contribution in [1.82, 2.24) is 9.97 Å². The summed E-state index contributed by atoms with van der Waals surface area (Å²) in [5.41, 5.74) is 2.18. The Labute approximate surface area is 106 Å². The van der Waals surface area contributed by atoms with E-state index in [1.54, 1.807) is 0 Å². The highest BCUT2D eigenvalue weighted by Gasteiger charge is 2.13. The SMILES string of the molecule is NNc1ncc(Cl)c(Oc2cccc(F)c2F)n1. The van der Waals surface area contributed by atoms with Gasteiger partial charge < -0.3 is 4.74 Å². The Bertz CT molecular complexity index is 582.